The average Bonchev–Trinajstić information content (AvgIpc) is 3.55. The fourth-order valence-corrected chi connectivity index (χ4v) is 3.45. The van der Waals surface area contributed by atoms with Gasteiger partial charge in [-0.1, -0.05) is 12.1 Å². The topological polar surface area (TPSA) is 43.4 Å². The van der Waals surface area contributed by atoms with Gasteiger partial charge in [0.2, 0.25) is 0 Å². The third-order valence-electron chi connectivity index (χ3n) is 5.15. The number of nitrogens with zero attached hydrogens (tertiary/aromatic N) is 1. The van der Waals surface area contributed by atoms with Crippen molar-refractivity contribution >= 4 is 0 Å². The lowest BCUT2D eigenvalue weighted by Crippen LogP contribution is -2.32. The van der Waals surface area contributed by atoms with E-state index in [1.165, 1.54) is 31.2 Å². The molecule has 132 valence electrons. The predicted molar refractivity (Wildman–Crippen MR) is 97.6 cm³/mol. The van der Waals surface area contributed by atoms with E-state index in [0.29, 0.717) is 12.6 Å². The van der Waals surface area contributed by atoms with Gasteiger partial charge in [0.05, 0.1) is 7.11 Å². The number of hydrogen-bond acceptors (Lipinski definition) is 4. The maximum Gasteiger partial charge on any atom is 0.161 e. The Morgan fingerprint density at radius 2 is 1.88 bits per heavy atom. The second-order valence-electron chi connectivity index (χ2n) is 7.22. The summed E-state index contributed by atoms with van der Waals surface area (Å²) >= 11 is 0. The first-order valence-corrected chi connectivity index (χ1v) is 9.25. The van der Waals surface area contributed by atoms with Crippen molar-refractivity contribution in [1.82, 2.24) is 10.3 Å². The molecule has 1 heterocycles. The minimum Gasteiger partial charge on any atom is -0.493 e. The van der Waals surface area contributed by atoms with Crippen molar-refractivity contribution in [2.24, 2.45) is 11.8 Å². The SMILES string of the molecule is COc1ccc(CNC(C2CC2)C2CC2)cc1OCc1cccnc1. The largest absolute Gasteiger partial charge is 0.493 e. The highest BCUT2D eigenvalue weighted by atomic mass is 16.5. The highest BCUT2D eigenvalue weighted by molar-refractivity contribution is 5.43. The Morgan fingerprint density at radius 3 is 2.52 bits per heavy atom. The van der Waals surface area contributed by atoms with Crippen molar-refractivity contribution in [3.8, 4) is 11.5 Å². The summed E-state index contributed by atoms with van der Waals surface area (Å²) < 4.78 is 11.4. The summed E-state index contributed by atoms with van der Waals surface area (Å²) in [5, 5.41) is 3.79. The van der Waals surface area contributed by atoms with E-state index in [1.807, 2.05) is 24.4 Å². The third kappa shape index (κ3) is 4.31. The predicted octanol–water partition coefficient (Wildman–Crippen LogP) is 3.95. The molecule has 1 aromatic carbocycles. The van der Waals surface area contributed by atoms with E-state index in [1.54, 1.807) is 13.3 Å². The molecule has 0 aliphatic heterocycles. The molecule has 2 saturated carbocycles. The molecule has 0 spiro atoms. The van der Waals surface area contributed by atoms with Crippen molar-refractivity contribution in [2.75, 3.05) is 7.11 Å². The van der Waals surface area contributed by atoms with Crippen LogP contribution in [0.25, 0.3) is 0 Å². The molecule has 0 amide bonds. The van der Waals surface area contributed by atoms with Gasteiger partial charge in [-0.2, -0.15) is 0 Å². The van der Waals surface area contributed by atoms with Crippen molar-refractivity contribution in [3.63, 3.8) is 0 Å². The van der Waals surface area contributed by atoms with E-state index in [4.69, 9.17) is 9.47 Å². The summed E-state index contributed by atoms with van der Waals surface area (Å²) in [7, 11) is 1.68. The van der Waals surface area contributed by atoms with Gasteiger partial charge in [-0.15, -0.1) is 0 Å². The van der Waals surface area contributed by atoms with Crippen LogP contribution < -0.4 is 14.8 Å². The maximum atomic E-state index is 5.99. The number of aromatic nitrogens is 1. The maximum absolute atomic E-state index is 5.99. The molecular weight excluding hydrogens is 312 g/mol. The first-order chi connectivity index (χ1) is 12.3. The van der Waals surface area contributed by atoms with E-state index < -0.39 is 0 Å². The Bertz CT molecular complexity index is 684. The van der Waals surface area contributed by atoms with Crippen molar-refractivity contribution in [3.05, 3.63) is 53.9 Å². The third-order valence-corrected chi connectivity index (χ3v) is 5.15. The molecule has 4 heteroatoms. The highest BCUT2D eigenvalue weighted by Crippen LogP contribution is 2.44. The number of benzene rings is 1. The standard InChI is InChI=1S/C21H26N2O2/c1-24-19-9-4-15(13-23-21(17-5-6-17)18-7-8-18)11-20(19)25-14-16-3-2-10-22-12-16/h2-4,9-12,17-18,21,23H,5-8,13-14H2,1H3. The van der Waals surface area contributed by atoms with Crippen LogP contribution in [0.1, 0.15) is 36.8 Å². The van der Waals surface area contributed by atoms with Gasteiger partial charge >= 0.3 is 0 Å². The normalized spacial score (nSPS) is 16.9. The summed E-state index contributed by atoms with van der Waals surface area (Å²) in [6, 6.07) is 10.9. The second kappa shape index (κ2) is 7.44. The molecule has 25 heavy (non-hydrogen) atoms. The number of pyridine rings is 1. The van der Waals surface area contributed by atoms with Crippen LogP contribution in [0, 0.1) is 11.8 Å². The second-order valence-corrected chi connectivity index (χ2v) is 7.22. The summed E-state index contributed by atoms with van der Waals surface area (Å²) in [6.45, 7) is 1.39. The van der Waals surface area contributed by atoms with Crippen LogP contribution in [-0.4, -0.2) is 18.1 Å². The van der Waals surface area contributed by atoms with Gasteiger partial charge in [0.25, 0.3) is 0 Å². The molecular formula is C21H26N2O2. The quantitative estimate of drug-likeness (QED) is 0.752. The summed E-state index contributed by atoms with van der Waals surface area (Å²) in [5.41, 5.74) is 2.30. The molecule has 2 aliphatic carbocycles. The molecule has 0 atom stereocenters. The fourth-order valence-electron chi connectivity index (χ4n) is 3.45. The fraction of sp³-hybridized carbons (Fsp3) is 0.476. The van der Waals surface area contributed by atoms with Crippen LogP contribution in [0.3, 0.4) is 0 Å². The van der Waals surface area contributed by atoms with Crippen LogP contribution in [0.5, 0.6) is 11.5 Å². The lowest BCUT2D eigenvalue weighted by Gasteiger charge is -2.18. The Morgan fingerprint density at radius 1 is 1.08 bits per heavy atom. The van der Waals surface area contributed by atoms with Crippen LogP contribution >= 0.6 is 0 Å². The molecule has 0 bridgehead atoms. The van der Waals surface area contributed by atoms with Crippen LogP contribution in [0.2, 0.25) is 0 Å². The monoisotopic (exact) mass is 338 g/mol. The molecule has 0 saturated heterocycles. The molecule has 0 unspecified atom stereocenters. The molecule has 2 fully saturated rings. The molecule has 2 aromatic rings. The van der Waals surface area contributed by atoms with Crippen LogP contribution in [-0.2, 0) is 13.2 Å². The summed E-state index contributed by atoms with van der Waals surface area (Å²) in [5.74, 6) is 3.38. The zero-order chi connectivity index (χ0) is 17.1. The van der Waals surface area contributed by atoms with Gasteiger partial charge < -0.3 is 14.8 Å². The van der Waals surface area contributed by atoms with E-state index in [-0.39, 0.29) is 0 Å². The summed E-state index contributed by atoms with van der Waals surface area (Å²) in [6.07, 6.45) is 9.19. The van der Waals surface area contributed by atoms with E-state index in [9.17, 15) is 0 Å². The molecule has 1 N–H and O–H groups in total. The smallest absolute Gasteiger partial charge is 0.161 e. The lowest BCUT2D eigenvalue weighted by atomic mass is 10.1. The van der Waals surface area contributed by atoms with Gasteiger partial charge in [-0.3, -0.25) is 4.98 Å². The van der Waals surface area contributed by atoms with Gasteiger partial charge in [0.1, 0.15) is 6.61 Å². The minimum atomic E-state index is 0.494. The number of rotatable bonds is 9. The van der Waals surface area contributed by atoms with E-state index in [0.717, 1.165) is 35.4 Å². The Hall–Kier alpha value is -2.07. The number of methoxy groups -OCH3 is 1. The van der Waals surface area contributed by atoms with Crippen molar-refractivity contribution in [2.45, 2.75) is 44.9 Å². The molecule has 4 nitrogen and oxygen atoms in total. The average molecular weight is 338 g/mol. The lowest BCUT2D eigenvalue weighted by molar-refractivity contribution is 0.283. The van der Waals surface area contributed by atoms with Crippen LogP contribution in [0.15, 0.2) is 42.7 Å². The molecule has 1 aromatic heterocycles. The number of nitrogens with one attached hydrogen (secondary N) is 1. The first-order valence-electron chi connectivity index (χ1n) is 9.25. The van der Waals surface area contributed by atoms with E-state index in [2.05, 4.69) is 22.4 Å². The number of ether oxygens (including phenoxy) is 2. The Labute approximate surface area is 149 Å². The summed E-state index contributed by atoms with van der Waals surface area (Å²) in [4.78, 5) is 4.13. The number of hydrogen-bond donors (Lipinski definition) is 1. The first kappa shape index (κ1) is 16.4. The highest BCUT2D eigenvalue weighted by Gasteiger charge is 2.40. The van der Waals surface area contributed by atoms with Crippen molar-refractivity contribution in [1.29, 1.82) is 0 Å². The molecule has 2 aliphatic rings. The zero-order valence-corrected chi connectivity index (χ0v) is 14.8. The van der Waals surface area contributed by atoms with E-state index >= 15 is 0 Å². The van der Waals surface area contributed by atoms with Crippen molar-refractivity contribution < 1.29 is 9.47 Å². The van der Waals surface area contributed by atoms with Gasteiger partial charge in [-0.25, -0.2) is 0 Å². The zero-order valence-electron chi connectivity index (χ0n) is 14.8. The Kier molecular flexibility index (Phi) is 4.88. The van der Waals surface area contributed by atoms with Crippen LogP contribution in [0.4, 0.5) is 0 Å². The molecule has 4 rings (SSSR count). The van der Waals surface area contributed by atoms with Gasteiger partial charge in [-0.05, 0) is 61.3 Å². The van der Waals surface area contributed by atoms with Gasteiger partial charge in [0, 0.05) is 30.5 Å². The minimum absolute atomic E-state index is 0.494. The molecule has 0 radical (unpaired) electrons. The van der Waals surface area contributed by atoms with Gasteiger partial charge in [0.15, 0.2) is 11.5 Å². The Balaban J connectivity index is 1.40.